The van der Waals surface area contributed by atoms with E-state index in [1.807, 2.05) is 6.92 Å². The zero-order chi connectivity index (χ0) is 11.9. The van der Waals surface area contributed by atoms with Crippen molar-refractivity contribution in [2.75, 3.05) is 0 Å². The van der Waals surface area contributed by atoms with E-state index < -0.39 is 0 Å². The minimum absolute atomic E-state index is 0.0452. The molecule has 0 saturated carbocycles. The van der Waals surface area contributed by atoms with Crippen LogP contribution in [0.4, 0.5) is 0 Å². The summed E-state index contributed by atoms with van der Waals surface area (Å²) in [5.41, 5.74) is -0.155. The Morgan fingerprint density at radius 1 is 1.33 bits per heavy atom. The summed E-state index contributed by atoms with van der Waals surface area (Å²) in [6, 6.07) is 0. The molecule has 1 N–H and O–H groups in total. The fourth-order valence-electron chi connectivity index (χ4n) is 3.23. The van der Waals surface area contributed by atoms with Gasteiger partial charge in [-0.05, 0) is 52.9 Å². The summed E-state index contributed by atoms with van der Waals surface area (Å²) in [5.74, 6) is 0.805. The van der Waals surface area contributed by atoms with Crippen LogP contribution in [0, 0.1) is 11.8 Å². The molecule has 1 fully saturated rings. The van der Waals surface area contributed by atoms with Gasteiger partial charge in [0.2, 0.25) is 0 Å². The molecule has 1 aliphatic rings. The first-order valence-corrected chi connectivity index (χ1v) is 6.08. The zero-order valence-corrected chi connectivity index (χ0v) is 11.0. The third-order valence-electron chi connectivity index (χ3n) is 3.75. The lowest BCUT2D eigenvalue weighted by molar-refractivity contribution is -0.0865. The van der Waals surface area contributed by atoms with Crippen LogP contribution in [0.5, 0.6) is 0 Å². The second-order valence-corrected chi connectivity index (χ2v) is 6.09. The fraction of sp³-hybridized carbons (Fsp3) is 1.00. The van der Waals surface area contributed by atoms with Gasteiger partial charge in [-0.25, -0.2) is 0 Å². The molecule has 1 saturated heterocycles. The molecule has 2 nitrogen and oxygen atoms in total. The van der Waals surface area contributed by atoms with Crippen molar-refractivity contribution < 1.29 is 9.84 Å². The monoisotopic (exact) mass is 214 g/mol. The molecule has 0 aromatic carbocycles. The van der Waals surface area contributed by atoms with Crippen LogP contribution >= 0.6 is 0 Å². The van der Waals surface area contributed by atoms with Crippen LogP contribution in [0.25, 0.3) is 0 Å². The van der Waals surface area contributed by atoms with E-state index >= 15 is 0 Å². The number of ether oxygens (including phenoxy) is 1. The van der Waals surface area contributed by atoms with E-state index in [2.05, 4.69) is 34.6 Å². The molecule has 0 spiro atoms. The normalized spacial score (nSPS) is 32.6. The van der Waals surface area contributed by atoms with Gasteiger partial charge in [0.1, 0.15) is 0 Å². The standard InChI is InChI=1S/C13H26O2/c1-7-10(9(2)14)11-8-12(3,4)15-13(11,5)6/h9-11,14H,7-8H2,1-6H3. The van der Waals surface area contributed by atoms with Gasteiger partial charge in [0.15, 0.2) is 0 Å². The first-order chi connectivity index (χ1) is 6.69. The largest absolute Gasteiger partial charge is 0.393 e. The minimum atomic E-state index is -0.239. The number of aliphatic hydroxyl groups is 1. The minimum Gasteiger partial charge on any atom is -0.393 e. The summed E-state index contributed by atoms with van der Waals surface area (Å²) in [4.78, 5) is 0. The molecule has 1 aliphatic heterocycles. The van der Waals surface area contributed by atoms with Gasteiger partial charge < -0.3 is 9.84 Å². The molecule has 0 aromatic rings. The Hall–Kier alpha value is -0.0800. The highest BCUT2D eigenvalue weighted by Gasteiger charge is 2.49. The Balaban J connectivity index is 2.85. The summed E-state index contributed by atoms with van der Waals surface area (Å²) in [6.07, 6.45) is 1.82. The molecule has 15 heavy (non-hydrogen) atoms. The number of hydrogen-bond acceptors (Lipinski definition) is 2. The second-order valence-electron chi connectivity index (χ2n) is 6.09. The van der Waals surface area contributed by atoms with Crippen LogP contribution in [-0.2, 0) is 4.74 Å². The Labute approximate surface area is 94.0 Å². The number of rotatable bonds is 3. The van der Waals surface area contributed by atoms with Crippen LogP contribution in [-0.4, -0.2) is 22.4 Å². The number of hydrogen-bond donors (Lipinski definition) is 1. The predicted octanol–water partition coefficient (Wildman–Crippen LogP) is 2.99. The lowest BCUT2D eigenvalue weighted by Crippen LogP contribution is -2.37. The Bertz CT molecular complexity index is 219. The molecule has 0 radical (unpaired) electrons. The van der Waals surface area contributed by atoms with Crippen LogP contribution in [0.1, 0.15) is 54.4 Å². The van der Waals surface area contributed by atoms with Crippen molar-refractivity contribution in [3.8, 4) is 0 Å². The summed E-state index contributed by atoms with van der Waals surface area (Å²) in [6.45, 7) is 12.6. The Morgan fingerprint density at radius 2 is 1.87 bits per heavy atom. The highest BCUT2D eigenvalue weighted by atomic mass is 16.5. The first-order valence-electron chi connectivity index (χ1n) is 6.08. The van der Waals surface area contributed by atoms with E-state index in [1.165, 1.54) is 0 Å². The fourth-order valence-corrected chi connectivity index (χ4v) is 3.23. The number of aliphatic hydroxyl groups excluding tert-OH is 1. The summed E-state index contributed by atoms with van der Waals surface area (Å²) >= 11 is 0. The summed E-state index contributed by atoms with van der Waals surface area (Å²) < 4.78 is 6.07. The third kappa shape index (κ3) is 2.73. The molecular formula is C13H26O2. The maximum Gasteiger partial charge on any atom is 0.0666 e. The lowest BCUT2D eigenvalue weighted by atomic mass is 9.74. The van der Waals surface area contributed by atoms with Gasteiger partial charge in [0.05, 0.1) is 17.3 Å². The van der Waals surface area contributed by atoms with Gasteiger partial charge in [-0.15, -0.1) is 0 Å². The van der Waals surface area contributed by atoms with Gasteiger partial charge >= 0.3 is 0 Å². The maximum absolute atomic E-state index is 9.82. The molecule has 2 heteroatoms. The van der Waals surface area contributed by atoms with E-state index in [4.69, 9.17) is 4.74 Å². The SMILES string of the molecule is CCC(C(C)O)C1CC(C)(C)OC1(C)C. The van der Waals surface area contributed by atoms with Crippen molar-refractivity contribution in [1.29, 1.82) is 0 Å². The van der Waals surface area contributed by atoms with Gasteiger partial charge in [-0.1, -0.05) is 13.3 Å². The van der Waals surface area contributed by atoms with Gasteiger partial charge in [-0.2, -0.15) is 0 Å². The molecule has 0 aliphatic carbocycles. The van der Waals surface area contributed by atoms with E-state index in [9.17, 15) is 5.11 Å². The van der Waals surface area contributed by atoms with Crippen molar-refractivity contribution >= 4 is 0 Å². The predicted molar refractivity (Wildman–Crippen MR) is 62.8 cm³/mol. The Morgan fingerprint density at radius 3 is 2.13 bits per heavy atom. The molecule has 1 rings (SSSR count). The van der Waals surface area contributed by atoms with Gasteiger partial charge in [0.25, 0.3) is 0 Å². The summed E-state index contributed by atoms with van der Waals surface area (Å²) in [7, 11) is 0. The molecule has 0 amide bonds. The molecular weight excluding hydrogens is 188 g/mol. The van der Waals surface area contributed by atoms with E-state index in [0.29, 0.717) is 11.8 Å². The molecule has 3 atom stereocenters. The van der Waals surface area contributed by atoms with E-state index in [-0.39, 0.29) is 17.3 Å². The first kappa shape index (κ1) is 13.0. The quantitative estimate of drug-likeness (QED) is 0.782. The van der Waals surface area contributed by atoms with Crippen molar-refractivity contribution in [3.63, 3.8) is 0 Å². The third-order valence-corrected chi connectivity index (χ3v) is 3.75. The molecule has 3 unspecified atom stereocenters. The van der Waals surface area contributed by atoms with Crippen molar-refractivity contribution in [2.45, 2.75) is 71.7 Å². The second kappa shape index (κ2) is 4.06. The topological polar surface area (TPSA) is 29.5 Å². The summed E-state index contributed by atoms with van der Waals surface area (Å²) in [5, 5.41) is 9.82. The van der Waals surface area contributed by atoms with Crippen LogP contribution in [0.2, 0.25) is 0 Å². The Kier molecular flexibility index (Phi) is 3.52. The maximum atomic E-state index is 9.82. The van der Waals surface area contributed by atoms with Crippen molar-refractivity contribution in [2.24, 2.45) is 11.8 Å². The highest BCUT2D eigenvalue weighted by Crippen LogP contribution is 2.47. The lowest BCUT2D eigenvalue weighted by Gasteiger charge is -2.34. The molecule has 0 aromatic heterocycles. The van der Waals surface area contributed by atoms with Gasteiger partial charge in [-0.3, -0.25) is 0 Å². The smallest absolute Gasteiger partial charge is 0.0666 e. The van der Waals surface area contributed by atoms with Crippen molar-refractivity contribution in [1.82, 2.24) is 0 Å². The van der Waals surface area contributed by atoms with Gasteiger partial charge in [0, 0.05) is 0 Å². The van der Waals surface area contributed by atoms with Crippen LogP contribution < -0.4 is 0 Å². The average molecular weight is 214 g/mol. The highest BCUT2D eigenvalue weighted by molar-refractivity contribution is 4.97. The molecule has 1 heterocycles. The molecule has 0 bridgehead atoms. The zero-order valence-electron chi connectivity index (χ0n) is 11.0. The van der Waals surface area contributed by atoms with Crippen molar-refractivity contribution in [3.05, 3.63) is 0 Å². The van der Waals surface area contributed by atoms with Crippen LogP contribution in [0.3, 0.4) is 0 Å². The van der Waals surface area contributed by atoms with E-state index in [1.54, 1.807) is 0 Å². The van der Waals surface area contributed by atoms with Crippen LogP contribution in [0.15, 0.2) is 0 Å². The molecule has 90 valence electrons. The average Bonchev–Trinajstić information content (AvgIpc) is 2.20. The van der Waals surface area contributed by atoms with E-state index in [0.717, 1.165) is 12.8 Å².